The highest BCUT2D eigenvalue weighted by Gasteiger charge is 2.12. The van der Waals surface area contributed by atoms with Gasteiger partial charge in [0.2, 0.25) is 0 Å². The van der Waals surface area contributed by atoms with E-state index in [1.165, 1.54) is 11.1 Å². The summed E-state index contributed by atoms with van der Waals surface area (Å²) < 4.78 is 0. The molecule has 0 aliphatic heterocycles. The minimum atomic E-state index is -0.188. The molecule has 4 aromatic carbocycles. The van der Waals surface area contributed by atoms with Gasteiger partial charge in [0.05, 0.1) is 0 Å². The van der Waals surface area contributed by atoms with Gasteiger partial charge in [-0.25, -0.2) is 0 Å². The molecular formula is C27H24N2O2. The smallest absolute Gasteiger partial charge is 0.255 e. The molecule has 0 saturated heterocycles. The van der Waals surface area contributed by atoms with Crippen LogP contribution in [0.2, 0.25) is 0 Å². The minimum absolute atomic E-state index is 0.176. The second-order valence-corrected chi connectivity index (χ2v) is 7.75. The lowest BCUT2D eigenvalue weighted by atomic mass is 9.99. The van der Waals surface area contributed by atoms with Crippen LogP contribution in [0.1, 0.15) is 37.4 Å². The fraction of sp³-hybridized carbons (Fsp3) is 0.111. The molecular weight excluding hydrogens is 384 g/mol. The topological polar surface area (TPSA) is 58.2 Å². The summed E-state index contributed by atoms with van der Waals surface area (Å²) in [5, 5.41) is 8.03. The van der Waals surface area contributed by atoms with Crippen LogP contribution in [0.3, 0.4) is 0 Å². The molecule has 0 aliphatic rings. The number of rotatable bonds is 4. The third-order valence-corrected chi connectivity index (χ3v) is 5.59. The first-order valence-corrected chi connectivity index (χ1v) is 10.2. The van der Waals surface area contributed by atoms with Crippen molar-refractivity contribution in [2.45, 2.75) is 20.8 Å². The Morgan fingerprint density at radius 2 is 1.32 bits per heavy atom. The summed E-state index contributed by atoms with van der Waals surface area (Å²) in [5.74, 6) is -0.364. The number of benzene rings is 4. The number of carbonyl (C=O) groups excluding carboxylic acids is 2. The SMILES string of the molecule is Cc1cc(C(=O)Nc2ccccc2)ccc1NC(=O)c1ccc2c(C)c(C)ccc2c1. The number of fused-ring (bicyclic) bond motifs is 1. The van der Waals surface area contributed by atoms with Crippen LogP contribution < -0.4 is 10.6 Å². The summed E-state index contributed by atoms with van der Waals surface area (Å²) in [4.78, 5) is 25.3. The average molecular weight is 409 g/mol. The van der Waals surface area contributed by atoms with Crippen LogP contribution >= 0.6 is 0 Å². The highest BCUT2D eigenvalue weighted by molar-refractivity contribution is 6.08. The molecule has 0 heterocycles. The fourth-order valence-corrected chi connectivity index (χ4v) is 3.60. The molecule has 154 valence electrons. The molecule has 0 bridgehead atoms. The first-order valence-electron chi connectivity index (χ1n) is 10.2. The van der Waals surface area contributed by atoms with Crippen molar-refractivity contribution in [2.24, 2.45) is 0 Å². The summed E-state index contributed by atoms with van der Waals surface area (Å²) in [7, 11) is 0. The summed E-state index contributed by atoms with van der Waals surface area (Å²) in [6.45, 7) is 6.06. The lowest BCUT2D eigenvalue weighted by Gasteiger charge is -2.12. The van der Waals surface area contributed by atoms with E-state index in [-0.39, 0.29) is 11.8 Å². The number of hydrogen-bond acceptors (Lipinski definition) is 2. The quantitative estimate of drug-likeness (QED) is 0.418. The number of aryl methyl sites for hydroxylation is 3. The summed E-state index contributed by atoms with van der Waals surface area (Å²) in [6.07, 6.45) is 0. The second kappa shape index (κ2) is 8.44. The molecule has 0 unspecified atom stereocenters. The molecule has 4 aromatic rings. The molecule has 2 amide bonds. The molecule has 4 rings (SSSR count). The van der Waals surface area contributed by atoms with E-state index >= 15 is 0 Å². The van der Waals surface area contributed by atoms with Gasteiger partial charge in [0, 0.05) is 22.5 Å². The van der Waals surface area contributed by atoms with Crippen molar-refractivity contribution >= 4 is 34.0 Å². The first kappa shape index (κ1) is 20.4. The number of para-hydroxylation sites is 1. The Hall–Kier alpha value is -3.92. The molecule has 0 saturated carbocycles. The minimum Gasteiger partial charge on any atom is -0.322 e. The van der Waals surface area contributed by atoms with Gasteiger partial charge in [0.15, 0.2) is 0 Å². The Bertz CT molecular complexity index is 1290. The van der Waals surface area contributed by atoms with Crippen molar-refractivity contribution in [3.63, 3.8) is 0 Å². The Kier molecular flexibility index (Phi) is 5.54. The van der Waals surface area contributed by atoms with Gasteiger partial charge in [-0.05, 0) is 90.7 Å². The van der Waals surface area contributed by atoms with E-state index in [9.17, 15) is 9.59 Å². The van der Waals surface area contributed by atoms with Crippen molar-refractivity contribution < 1.29 is 9.59 Å². The van der Waals surface area contributed by atoms with Crippen LogP contribution in [0.5, 0.6) is 0 Å². The molecule has 0 aromatic heterocycles. The third-order valence-electron chi connectivity index (χ3n) is 5.59. The molecule has 4 nitrogen and oxygen atoms in total. The Balaban J connectivity index is 1.51. The van der Waals surface area contributed by atoms with Gasteiger partial charge in [-0.2, -0.15) is 0 Å². The van der Waals surface area contributed by atoms with E-state index in [4.69, 9.17) is 0 Å². The Morgan fingerprint density at radius 1 is 0.645 bits per heavy atom. The van der Waals surface area contributed by atoms with Crippen molar-refractivity contribution in [1.82, 2.24) is 0 Å². The fourth-order valence-electron chi connectivity index (χ4n) is 3.60. The van der Waals surface area contributed by atoms with Gasteiger partial charge in [0.25, 0.3) is 11.8 Å². The van der Waals surface area contributed by atoms with Crippen LogP contribution in [-0.4, -0.2) is 11.8 Å². The van der Waals surface area contributed by atoms with E-state index in [0.29, 0.717) is 16.8 Å². The maximum Gasteiger partial charge on any atom is 0.255 e. The summed E-state index contributed by atoms with van der Waals surface area (Å²) in [6, 6.07) is 24.4. The third kappa shape index (κ3) is 4.33. The van der Waals surface area contributed by atoms with Gasteiger partial charge in [-0.15, -0.1) is 0 Å². The zero-order valence-electron chi connectivity index (χ0n) is 17.8. The normalized spacial score (nSPS) is 10.7. The van der Waals surface area contributed by atoms with E-state index in [1.54, 1.807) is 18.2 Å². The van der Waals surface area contributed by atoms with Gasteiger partial charge in [0.1, 0.15) is 0 Å². The standard InChI is InChI=1S/C27H24N2O2/c1-17-9-10-20-16-22(11-13-24(20)19(17)3)27(31)29-25-14-12-21(15-18(25)2)26(30)28-23-7-5-4-6-8-23/h4-16H,1-3H3,(H,28,30)(H,29,31). The number of carbonyl (C=O) groups is 2. The predicted octanol–water partition coefficient (Wildman–Crippen LogP) is 6.27. The van der Waals surface area contributed by atoms with Gasteiger partial charge in [-0.1, -0.05) is 36.4 Å². The van der Waals surface area contributed by atoms with Gasteiger partial charge >= 0.3 is 0 Å². The van der Waals surface area contributed by atoms with E-state index in [0.717, 1.165) is 22.0 Å². The molecule has 0 spiro atoms. The first-order chi connectivity index (χ1) is 14.9. The number of anilines is 2. The van der Waals surface area contributed by atoms with Gasteiger partial charge < -0.3 is 10.6 Å². The zero-order valence-corrected chi connectivity index (χ0v) is 17.8. The largest absolute Gasteiger partial charge is 0.322 e. The number of nitrogens with one attached hydrogen (secondary N) is 2. The van der Waals surface area contributed by atoms with Crippen molar-refractivity contribution in [3.05, 3.63) is 107 Å². The maximum atomic E-state index is 12.8. The Morgan fingerprint density at radius 3 is 2.06 bits per heavy atom. The van der Waals surface area contributed by atoms with Crippen LogP contribution in [0, 0.1) is 20.8 Å². The van der Waals surface area contributed by atoms with E-state index in [1.807, 2.05) is 61.5 Å². The molecule has 0 atom stereocenters. The number of hydrogen-bond donors (Lipinski definition) is 2. The van der Waals surface area contributed by atoms with Crippen LogP contribution in [0.25, 0.3) is 10.8 Å². The van der Waals surface area contributed by atoms with Crippen molar-refractivity contribution in [2.75, 3.05) is 10.6 Å². The van der Waals surface area contributed by atoms with Crippen LogP contribution in [0.4, 0.5) is 11.4 Å². The average Bonchev–Trinajstić information content (AvgIpc) is 2.78. The Labute approximate surface area is 181 Å². The second-order valence-electron chi connectivity index (χ2n) is 7.75. The highest BCUT2D eigenvalue weighted by atomic mass is 16.2. The van der Waals surface area contributed by atoms with Crippen molar-refractivity contribution in [1.29, 1.82) is 0 Å². The van der Waals surface area contributed by atoms with E-state index in [2.05, 4.69) is 30.5 Å². The molecule has 2 N–H and O–H groups in total. The van der Waals surface area contributed by atoms with Crippen molar-refractivity contribution in [3.8, 4) is 0 Å². The predicted molar refractivity (Wildman–Crippen MR) is 127 cm³/mol. The summed E-state index contributed by atoms with van der Waals surface area (Å²) >= 11 is 0. The molecule has 0 fully saturated rings. The van der Waals surface area contributed by atoms with Crippen LogP contribution in [0.15, 0.2) is 78.9 Å². The monoisotopic (exact) mass is 408 g/mol. The molecule has 4 heteroatoms. The highest BCUT2D eigenvalue weighted by Crippen LogP contribution is 2.24. The molecule has 0 radical (unpaired) electrons. The van der Waals surface area contributed by atoms with E-state index < -0.39 is 0 Å². The van der Waals surface area contributed by atoms with Gasteiger partial charge in [-0.3, -0.25) is 9.59 Å². The lowest BCUT2D eigenvalue weighted by molar-refractivity contribution is 0.102. The maximum absolute atomic E-state index is 12.8. The zero-order chi connectivity index (χ0) is 22.0. The van der Waals surface area contributed by atoms with Crippen LogP contribution in [-0.2, 0) is 0 Å². The molecule has 31 heavy (non-hydrogen) atoms. The lowest BCUT2D eigenvalue weighted by Crippen LogP contribution is -2.15. The molecule has 0 aliphatic carbocycles. The summed E-state index contributed by atoms with van der Waals surface area (Å²) in [5.41, 5.74) is 5.84. The number of amides is 2.